The fourth-order valence-electron chi connectivity index (χ4n) is 1.61. The van der Waals surface area contributed by atoms with Crippen molar-refractivity contribution in [2.24, 2.45) is 0 Å². The molecule has 2 rings (SSSR count). The summed E-state index contributed by atoms with van der Waals surface area (Å²) in [5.41, 5.74) is -0.726. The number of hydrogen-bond acceptors (Lipinski definition) is 1. The summed E-state index contributed by atoms with van der Waals surface area (Å²) in [7, 11) is 0. The number of ether oxygens (including phenoxy) is 1. The fourth-order valence-corrected chi connectivity index (χ4v) is 1.61. The topological polar surface area (TPSA) is 9.23 Å². The third-order valence-corrected chi connectivity index (χ3v) is 2.65. The molecule has 0 radical (unpaired) electrons. The second kappa shape index (κ2) is 7.73. The first-order valence-corrected chi connectivity index (χ1v) is 5.73. The Balaban J connectivity index is 0.00000220. The molecule has 0 amide bonds. The van der Waals surface area contributed by atoms with Crippen LogP contribution in [0.25, 0.3) is 0 Å². The van der Waals surface area contributed by atoms with E-state index >= 15 is 0 Å². The van der Waals surface area contributed by atoms with Gasteiger partial charge in [-0.1, -0.05) is 12.1 Å². The Kier molecular flexibility index (Phi) is 6.86. The zero-order valence-corrected chi connectivity index (χ0v) is 14.2. The molecule has 0 aliphatic carbocycles. The van der Waals surface area contributed by atoms with Crippen LogP contribution in [0.15, 0.2) is 42.5 Å². The molecule has 0 saturated heterocycles. The summed E-state index contributed by atoms with van der Waals surface area (Å²) in [6.45, 7) is -5.39. The summed E-state index contributed by atoms with van der Waals surface area (Å²) in [5.74, 6) is -1.56. The molecule has 0 spiro atoms. The van der Waals surface area contributed by atoms with Crippen molar-refractivity contribution in [3.63, 3.8) is 0 Å². The van der Waals surface area contributed by atoms with Gasteiger partial charge in [-0.2, -0.15) is 0 Å². The van der Waals surface area contributed by atoms with E-state index in [1.54, 1.807) is 0 Å². The van der Waals surface area contributed by atoms with Gasteiger partial charge in [0.1, 0.15) is 24.0 Å². The van der Waals surface area contributed by atoms with Gasteiger partial charge in [0.15, 0.2) is 0 Å². The van der Waals surface area contributed by atoms with Crippen LogP contribution in [0.1, 0.15) is 5.56 Å². The maximum atomic E-state index is 13.3. The number of rotatable bonds is 4. The summed E-state index contributed by atoms with van der Waals surface area (Å²) >= 11 is 0. The van der Waals surface area contributed by atoms with Crippen LogP contribution >= 0.6 is 0 Å². The molecule has 0 N–H and O–H groups in total. The quantitative estimate of drug-likeness (QED) is 0.591. The predicted molar refractivity (Wildman–Crippen MR) is 65.8 cm³/mol. The maximum absolute atomic E-state index is 13.3. The zero-order valence-electron chi connectivity index (χ0n) is 11.1. The molecule has 1 nitrogen and oxygen atoms in total. The molecule has 2 aromatic rings. The number of benzene rings is 2. The Morgan fingerprint density at radius 3 is 2.29 bits per heavy atom. The van der Waals surface area contributed by atoms with Crippen LogP contribution in [0.5, 0.6) is 5.75 Å². The molecule has 0 fully saturated rings. The minimum absolute atomic E-state index is 0. The van der Waals surface area contributed by atoms with E-state index in [0.717, 1.165) is 18.2 Å². The Hall–Kier alpha value is -0.409. The molecule has 0 saturated carbocycles. The van der Waals surface area contributed by atoms with Crippen LogP contribution < -0.4 is 61.6 Å². The third-order valence-electron chi connectivity index (χ3n) is 2.65. The van der Waals surface area contributed by atoms with Crippen molar-refractivity contribution >= 4 is 12.4 Å². The van der Waals surface area contributed by atoms with Crippen molar-refractivity contribution in [3.05, 3.63) is 59.7 Å². The molecule has 0 heterocycles. The van der Waals surface area contributed by atoms with Crippen molar-refractivity contribution in [2.75, 3.05) is 0 Å². The first-order chi connectivity index (χ1) is 9.36. The molecule has 21 heavy (non-hydrogen) atoms. The van der Waals surface area contributed by atoms with Gasteiger partial charge in [-0.05, 0) is 24.3 Å². The molecule has 0 aliphatic rings. The summed E-state index contributed by atoms with van der Waals surface area (Å²) in [6, 6.07) is 7.26. The van der Waals surface area contributed by atoms with Gasteiger partial charge < -0.3 is 17.7 Å². The number of halogens is 5. The van der Waals surface area contributed by atoms with E-state index in [1.807, 2.05) is 0 Å². The molecule has 0 bridgehead atoms. The van der Waals surface area contributed by atoms with E-state index in [2.05, 4.69) is 0 Å². The van der Waals surface area contributed by atoms with Crippen molar-refractivity contribution < 1.29 is 77.8 Å². The van der Waals surface area contributed by atoms with Crippen molar-refractivity contribution in [1.82, 2.24) is 0 Å². The molecule has 0 atom stereocenters. The van der Waals surface area contributed by atoms with Crippen LogP contribution in [0, 0.1) is 11.6 Å². The maximum Gasteiger partial charge on any atom is 1.00 e. The standard InChI is InChI=1S/C13H9BF5O.K/c15-11-5-4-9(13(16)7-11)8-20-12-3-1-2-10(6-12)14(17,18)19;/h1-7H,8H2;/q-1;+1. The molecule has 2 aromatic carbocycles. The fraction of sp³-hybridized carbons (Fsp3) is 0.0769. The summed E-state index contributed by atoms with van der Waals surface area (Å²) in [5, 5.41) is 0. The van der Waals surface area contributed by atoms with Gasteiger partial charge in [0.2, 0.25) is 0 Å². The second-order valence-corrected chi connectivity index (χ2v) is 4.17. The molecular weight excluding hydrogens is 317 g/mol. The van der Waals surface area contributed by atoms with E-state index < -0.39 is 24.1 Å². The minimum atomic E-state index is -5.11. The Labute approximate surface area is 161 Å². The van der Waals surface area contributed by atoms with Crippen LogP contribution in [-0.2, 0) is 6.61 Å². The van der Waals surface area contributed by atoms with E-state index in [-0.39, 0.29) is 69.3 Å². The van der Waals surface area contributed by atoms with Gasteiger partial charge in [0, 0.05) is 11.6 Å². The zero-order chi connectivity index (χ0) is 14.8. The van der Waals surface area contributed by atoms with E-state index in [9.17, 15) is 21.7 Å². The van der Waals surface area contributed by atoms with Crippen LogP contribution in [0.2, 0.25) is 0 Å². The largest absolute Gasteiger partial charge is 1.00 e. The van der Waals surface area contributed by atoms with Crippen LogP contribution in [-0.4, -0.2) is 6.98 Å². The van der Waals surface area contributed by atoms with Gasteiger partial charge in [-0.15, -0.1) is 5.46 Å². The second-order valence-electron chi connectivity index (χ2n) is 4.17. The van der Waals surface area contributed by atoms with Crippen LogP contribution in [0.4, 0.5) is 21.7 Å². The average Bonchev–Trinajstić information content (AvgIpc) is 2.37. The minimum Gasteiger partial charge on any atom is -0.489 e. The summed E-state index contributed by atoms with van der Waals surface area (Å²) in [4.78, 5) is 0. The Morgan fingerprint density at radius 2 is 1.67 bits per heavy atom. The van der Waals surface area contributed by atoms with E-state index in [0.29, 0.717) is 6.07 Å². The molecule has 8 heteroatoms. The molecule has 0 aromatic heterocycles. The van der Waals surface area contributed by atoms with Crippen molar-refractivity contribution in [3.8, 4) is 5.75 Å². The predicted octanol–water partition coefficient (Wildman–Crippen LogP) is 0.602. The first kappa shape index (κ1) is 18.6. The normalized spacial score (nSPS) is 10.9. The van der Waals surface area contributed by atoms with Gasteiger partial charge in [-0.25, -0.2) is 8.78 Å². The molecule has 106 valence electrons. The van der Waals surface area contributed by atoms with Gasteiger partial charge >= 0.3 is 58.4 Å². The van der Waals surface area contributed by atoms with Gasteiger partial charge in [0.05, 0.1) is 0 Å². The van der Waals surface area contributed by atoms with Crippen LogP contribution in [0.3, 0.4) is 0 Å². The summed E-state index contributed by atoms with van der Waals surface area (Å²) in [6.07, 6.45) is 0. The Bertz CT molecular complexity index is 618. The van der Waals surface area contributed by atoms with Crippen molar-refractivity contribution in [1.29, 1.82) is 0 Å². The SMILES string of the molecule is Fc1ccc(COc2cccc([B-](F)(F)F)c2)c(F)c1.[K+]. The Morgan fingerprint density at radius 1 is 0.952 bits per heavy atom. The van der Waals surface area contributed by atoms with Crippen molar-refractivity contribution in [2.45, 2.75) is 6.61 Å². The monoisotopic (exact) mass is 326 g/mol. The third kappa shape index (κ3) is 5.37. The average molecular weight is 326 g/mol. The first-order valence-electron chi connectivity index (χ1n) is 5.73. The smallest absolute Gasteiger partial charge is 0.489 e. The molecule has 0 unspecified atom stereocenters. The molecule has 0 aliphatic heterocycles. The van der Waals surface area contributed by atoms with E-state index in [1.165, 1.54) is 18.2 Å². The van der Waals surface area contributed by atoms with Gasteiger partial charge in [0.25, 0.3) is 0 Å². The van der Waals surface area contributed by atoms with E-state index in [4.69, 9.17) is 4.74 Å². The van der Waals surface area contributed by atoms with Gasteiger partial charge in [-0.3, -0.25) is 0 Å². The number of hydrogen-bond donors (Lipinski definition) is 0. The molecular formula is C13H9BF5KO. The summed E-state index contributed by atoms with van der Waals surface area (Å²) < 4.78 is 68.7.